The van der Waals surface area contributed by atoms with E-state index in [0.717, 1.165) is 28.8 Å². The number of benzene rings is 2. The Hall–Kier alpha value is -3.36. The van der Waals surface area contributed by atoms with Gasteiger partial charge in [-0.25, -0.2) is 22.9 Å². The summed E-state index contributed by atoms with van der Waals surface area (Å²) < 4.78 is 43.0. The number of nitrogens with one attached hydrogen (secondary N) is 1. The zero-order valence-corrected chi connectivity index (χ0v) is 14.0. The summed E-state index contributed by atoms with van der Waals surface area (Å²) in [7, 11) is 0. The van der Waals surface area contributed by atoms with Gasteiger partial charge >= 0.3 is 6.09 Å². The Kier molecular flexibility index (Phi) is 4.85. The predicted molar refractivity (Wildman–Crippen MR) is 91.4 cm³/mol. The second-order valence-corrected chi connectivity index (χ2v) is 5.75. The first-order chi connectivity index (χ1) is 12.8. The average molecular weight is 377 g/mol. The molecule has 3 rings (SSSR count). The third kappa shape index (κ3) is 3.35. The molecule has 0 spiro atoms. The van der Waals surface area contributed by atoms with Crippen LogP contribution in [-0.2, 0) is 0 Å². The maximum Gasteiger partial charge on any atom is 0.405 e. The van der Waals surface area contributed by atoms with E-state index >= 15 is 0 Å². The lowest BCUT2D eigenvalue weighted by molar-refractivity contribution is 0.188. The second kappa shape index (κ2) is 7.10. The molecule has 0 saturated heterocycles. The Morgan fingerprint density at radius 3 is 2.56 bits per heavy atom. The van der Waals surface area contributed by atoms with Crippen molar-refractivity contribution in [1.29, 1.82) is 0 Å². The maximum atomic E-state index is 14.2. The van der Waals surface area contributed by atoms with E-state index in [2.05, 4.69) is 10.3 Å². The Bertz CT molecular complexity index is 1100. The molecule has 2 aromatic carbocycles. The fourth-order valence-electron chi connectivity index (χ4n) is 2.83. The van der Waals surface area contributed by atoms with E-state index < -0.39 is 46.0 Å². The van der Waals surface area contributed by atoms with Crippen LogP contribution in [0, 0.1) is 17.5 Å². The minimum absolute atomic E-state index is 0.0127. The topological polar surface area (TPSA) is 84.2 Å². The summed E-state index contributed by atoms with van der Waals surface area (Å²) in [5.41, 5.74) is -1.48. The van der Waals surface area contributed by atoms with Crippen molar-refractivity contribution < 1.29 is 23.1 Å². The van der Waals surface area contributed by atoms with Crippen molar-refractivity contribution in [3.63, 3.8) is 0 Å². The molecule has 2 N–H and O–H groups in total. The van der Waals surface area contributed by atoms with E-state index in [4.69, 9.17) is 5.11 Å². The summed E-state index contributed by atoms with van der Waals surface area (Å²) in [4.78, 5) is 28.1. The van der Waals surface area contributed by atoms with Crippen molar-refractivity contribution in [1.82, 2.24) is 14.9 Å². The van der Waals surface area contributed by atoms with Gasteiger partial charge in [0.25, 0.3) is 5.56 Å². The number of carbonyl (C=O) groups is 1. The van der Waals surface area contributed by atoms with Gasteiger partial charge in [-0.05, 0) is 36.8 Å². The normalized spacial score (nSPS) is 12.1. The van der Waals surface area contributed by atoms with Gasteiger partial charge in [0.2, 0.25) is 0 Å². The molecule has 27 heavy (non-hydrogen) atoms. The molecule has 3 aromatic rings. The first-order valence-electron chi connectivity index (χ1n) is 7.99. The van der Waals surface area contributed by atoms with Crippen molar-refractivity contribution in [3.8, 4) is 5.69 Å². The van der Waals surface area contributed by atoms with Crippen molar-refractivity contribution >= 4 is 17.0 Å². The molecule has 6 nitrogen and oxygen atoms in total. The molecule has 140 valence electrons. The SMILES string of the molecule is CCC(NC(=O)O)c1nc2c(F)ccc(F)c2c(=O)n1-c1cccc(F)c1. The molecule has 9 heteroatoms. The summed E-state index contributed by atoms with van der Waals surface area (Å²) in [6.07, 6.45) is -1.22. The number of hydrogen-bond acceptors (Lipinski definition) is 3. The van der Waals surface area contributed by atoms with Crippen LogP contribution < -0.4 is 10.9 Å². The monoisotopic (exact) mass is 377 g/mol. The van der Waals surface area contributed by atoms with Gasteiger partial charge in [-0.15, -0.1) is 0 Å². The zero-order chi connectivity index (χ0) is 19.7. The highest BCUT2D eigenvalue weighted by Gasteiger charge is 2.24. The molecule has 0 fully saturated rings. The van der Waals surface area contributed by atoms with Crippen LogP contribution in [-0.4, -0.2) is 20.8 Å². The van der Waals surface area contributed by atoms with Crippen LogP contribution in [0.15, 0.2) is 41.2 Å². The lowest BCUT2D eigenvalue weighted by Crippen LogP contribution is -2.34. The number of halogens is 3. The molecule has 0 aliphatic heterocycles. The molecular formula is C18H14F3N3O3. The van der Waals surface area contributed by atoms with Crippen molar-refractivity contribution in [2.24, 2.45) is 0 Å². The van der Waals surface area contributed by atoms with E-state index in [1.54, 1.807) is 6.92 Å². The first kappa shape index (κ1) is 18.4. The van der Waals surface area contributed by atoms with Gasteiger partial charge < -0.3 is 10.4 Å². The lowest BCUT2D eigenvalue weighted by Gasteiger charge is -2.20. The number of rotatable bonds is 4. The number of nitrogens with zero attached hydrogens (tertiary/aromatic N) is 2. The summed E-state index contributed by atoms with van der Waals surface area (Å²) in [5, 5.41) is 10.6. The van der Waals surface area contributed by atoms with Crippen LogP contribution in [0.3, 0.4) is 0 Å². The number of carboxylic acid groups (broad SMARTS) is 1. The molecule has 1 heterocycles. The molecular weight excluding hydrogens is 363 g/mol. The van der Waals surface area contributed by atoms with Gasteiger partial charge in [-0.3, -0.25) is 9.36 Å². The maximum absolute atomic E-state index is 14.2. The van der Waals surface area contributed by atoms with E-state index in [1.807, 2.05) is 0 Å². The Balaban J connectivity index is 2.44. The van der Waals surface area contributed by atoms with E-state index in [9.17, 15) is 22.8 Å². The summed E-state index contributed by atoms with van der Waals surface area (Å²) in [6.45, 7) is 1.62. The highest BCUT2D eigenvalue weighted by Crippen LogP contribution is 2.23. The number of amides is 1. The summed E-state index contributed by atoms with van der Waals surface area (Å²) in [6, 6.07) is 5.49. The van der Waals surface area contributed by atoms with Crippen LogP contribution >= 0.6 is 0 Å². The average Bonchev–Trinajstić information content (AvgIpc) is 2.62. The Labute approximate surface area is 150 Å². The smallest absolute Gasteiger partial charge is 0.405 e. The molecule has 0 aliphatic carbocycles. The number of fused-ring (bicyclic) bond motifs is 1. The minimum atomic E-state index is -1.39. The molecule has 1 amide bonds. The molecule has 1 atom stereocenters. The zero-order valence-electron chi connectivity index (χ0n) is 14.0. The molecule has 0 aliphatic rings. The molecule has 0 saturated carbocycles. The first-order valence-corrected chi connectivity index (χ1v) is 7.99. The second-order valence-electron chi connectivity index (χ2n) is 5.75. The van der Waals surface area contributed by atoms with E-state index in [0.29, 0.717) is 0 Å². The highest BCUT2D eigenvalue weighted by atomic mass is 19.1. The van der Waals surface area contributed by atoms with E-state index in [1.165, 1.54) is 12.1 Å². The number of hydrogen-bond donors (Lipinski definition) is 2. The minimum Gasteiger partial charge on any atom is -0.465 e. The number of aromatic nitrogens is 2. The Morgan fingerprint density at radius 2 is 1.93 bits per heavy atom. The van der Waals surface area contributed by atoms with Crippen LogP contribution in [0.2, 0.25) is 0 Å². The third-order valence-corrected chi connectivity index (χ3v) is 4.03. The van der Waals surface area contributed by atoms with Crippen molar-refractivity contribution in [3.05, 3.63) is 70.0 Å². The van der Waals surface area contributed by atoms with Gasteiger partial charge in [-0.1, -0.05) is 13.0 Å². The predicted octanol–water partition coefficient (Wildman–Crippen LogP) is 3.52. The van der Waals surface area contributed by atoms with E-state index in [-0.39, 0.29) is 17.9 Å². The third-order valence-electron chi connectivity index (χ3n) is 4.03. The van der Waals surface area contributed by atoms with Crippen LogP contribution in [0.5, 0.6) is 0 Å². The lowest BCUT2D eigenvalue weighted by atomic mass is 10.1. The van der Waals surface area contributed by atoms with Crippen LogP contribution in [0.1, 0.15) is 25.2 Å². The van der Waals surface area contributed by atoms with Gasteiger partial charge in [0, 0.05) is 0 Å². The van der Waals surface area contributed by atoms with Crippen LogP contribution in [0.4, 0.5) is 18.0 Å². The fraction of sp³-hybridized carbons (Fsp3) is 0.167. The quantitative estimate of drug-likeness (QED) is 0.729. The molecule has 1 aromatic heterocycles. The van der Waals surface area contributed by atoms with Crippen molar-refractivity contribution in [2.45, 2.75) is 19.4 Å². The van der Waals surface area contributed by atoms with Gasteiger partial charge in [0.15, 0.2) is 0 Å². The fourth-order valence-corrected chi connectivity index (χ4v) is 2.83. The van der Waals surface area contributed by atoms with Crippen LogP contribution in [0.25, 0.3) is 16.6 Å². The van der Waals surface area contributed by atoms with Gasteiger partial charge in [0.1, 0.15) is 34.2 Å². The Morgan fingerprint density at radius 1 is 1.22 bits per heavy atom. The summed E-state index contributed by atoms with van der Waals surface area (Å²) >= 11 is 0. The van der Waals surface area contributed by atoms with Crippen molar-refractivity contribution in [2.75, 3.05) is 0 Å². The molecule has 0 radical (unpaired) electrons. The largest absolute Gasteiger partial charge is 0.465 e. The summed E-state index contributed by atoms with van der Waals surface area (Å²) in [5.74, 6) is -2.75. The van der Waals surface area contributed by atoms with Gasteiger partial charge in [-0.2, -0.15) is 0 Å². The van der Waals surface area contributed by atoms with Gasteiger partial charge in [0.05, 0.1) is 11.7 Å². The molecule has 0 bridgehead atoms. The molecule has 1 unspecified atom stereocenters. The highest BCUT2D eigenvalue weighted by molar-refractivity contribution is 5.79. The standard InChI is InChI=1S/C18H14F3N3O3/c1-2-13(22-18(26)27)16-23-15-12(21)7-6-11(20)14(15)17(25)24(16)10-5-3-4-9(19)8-10/h3-8,13,22H,2H2,1H3,(H,26,27).